The first-order chi connectivity index (χ1) is 12.8. The fourth-order valence-corrected chi connectivity index (χ4v) is 5.53. The van der Waals surface area contributed by atoms with Crippen molar-refractivity contribution in [2.45, 2.75) is 88.3 Å². The predicted octanol–water partition coefficient (Wildman–Crippen LogP) is 2.46. The summed E-state index contributed by atoms with van der Waals surface area (Å²) in [5.41, 5.74) is 1.60. The third-order valence-electron chi connectivity index (χ3n) is 5.91. The van der Waals surface area contributed by atoms with Crippen LogP contribution in [0.15, 0.2) is 5.16 Å². The number of carbonyl (C=O) groups excluding carboxylic acids is 1. The van der Waals surface area contributed by atoms with Gasteiger partial charge in [-0.2, -0.15) is 0 Å². The van der Waals surface area contributed by atoms with Gasteiger partial charge in [-0.15, -0.1) is 0 Å². The lowest BCUT2D eigenvalue weighted by atomic mass is 9.95. The molecule has 1 saturated heterocycles. The van der Waals surface area contributed by atoms with Crippen LogP contribution in [0.1, 0.15) is 69.3 Å². The van der Waals surface area contributed by atoms with E-state index in [-0.39, 0.29) is 17.3 Å². The number of aryl methyl sites for hydroxylation is 1. The summed E-state index contributed by atoms with van der Waals surface area (Å²) < 4.78 is 33.8. The number of imidazole rings is 1. The molecule has 1 aliphatic carbocycles. The molecule has 1 saturated carbocycles. The van der Waals surface area contributed by atoms with Gasteiger partial charge in [0.15, 0.2) is 0 Å². The van der Waals surface area contributed by atoms with Crippen LogP contribution < -0.4 is 5.32 Å². The molecule has 1 aliphatic heterocycles. The molecule has 0 bridgehead atoms. The third-order valence-corrected chi connectivity index (χ3v) is 7.85. The van der Waals surface area contributed by atoms with E-state index in [2.05, 4.69) is 10.3 Å². The predicted molar refractivity (Wildman–Crippen MR) is 102 cm³/mol. The molecule has 7 nitrogen and oxygen atoms in total. The van der Waals surface area contributed by atoms with Gasteiger partial charge in [0.25, 0.3) is 0 Å². The molecule has 1 aromatic heterocycles. The summed E-state index contributed by atoms with van der Waals surface area (Å²) in [5.74, 6) is -0.487. The Labute approximate surface area is 161 Å². The van der Waals surface area contributed by atoms with Crippen molar-refractivity contribution in [3.63, 3.8) is 0 Å². The minimum atomic E-state index is -3.87. The zero-order valence-corrected chi connectivity index (χ0v) is 17.3. The second-order valence-corrected chi connectivity index (χ2v) is 9.96. The lowest BCUT2D eigenvalue weighted by Gasteiger charge is -2.26. The summed E-state index contributed by atoms with van der Waals surface area (Å²) in [4.78, 5) is 16.9. The van der Waals surface area contributed by atoms with Gasteiger partial charge in [0.2, 0.25) is 20.9 Å². The first kappa shape index (κ1) is 20.3. The van der Waals surface area contributed by atoms with Gasteiger partial charge >= 0.3 is 0 Å². The Morgan fingerprint density at radius 3 is 2.56 bits per heavy atom. The molecule has 2 aliphatic rings. The molecule has 2 fully saturated rings. The number of sulfone groups is 1. The highest BCUT2D eigenvalue weighted by Crippen LogP contribution is 2.33. The zero-order valence-electron chi connectivity index (χ0n) is 16.5. The number of nitrogens with zero attached hydrogens (tertiary/aromatic N) is 2. The first-order valence-corrected chi connectivity index (χ1v) is 11.6. The normalized spacial score (nSPS) is 22.7. The average molecular weight is 398 g/mol. The monoisotopic (exact) mass is 397 g/mol. The molecule has 1 amide bonds. The molecular formula is C19H31N3O4S. The largest absolute Gasteiger partial charge is 0.376 e. The maximum absolute atomic E-state index is 13.2. The van der Waals surface area contributed by atoms with Crippen LogP contribution in [0.5, 0.6) is 0 Å². The number of ether oxygens (including phenoxy) is 1. The molecule has 152 valence electrons. The van der Waals surface area contributed by atoms with Crippen molar-refractivity contribution >= 4 is 15.7 Å². The van der Waals surface area contributed by atoms with Gasteiger partial charge < -0.3 is 14.6 Å². The smallest absolute Gasteiger partial charge is 0.238 e. The van der Waals surface area contributed by atoms with Crippen molar-refractivity contribution in [2.24, 2.45) is 0 Å². The van der Waals surface area contributed by atoms with E-state index in [1.165, 1.54) is 13.3 Å². The maximum atomic E-state index is 13.2. The number of amides is 1. The van der Waals surface area contributed by atoms with E-state index in [0.717, 1.165) is 44.2 Å². The molecule has 1 aromatic rings. The summed E-state index contributed by atoms with van der Waals surface area (Å²) in [5, 5.41) is 1.61. The fourth-order valence-electron chi connectivity index (χ4n) is 4.03. The van der Waals surface area contributed by atoms with Crippen LogP contribution in [0.25, 0.3) is 0 Å². The van der Waals surface area contributed by atoms with E-state index in [0.29, 0.717) is 18.8 Å². The number of aromatic nitrogens is 2. The van der Waals surface area contributed by atoms with E-state index in [1.807, 2.05) is 18.4 Å². The molecule has 0 radical (unpaired) electrons. The van der Waals surface area contributed by atoms with E-state index in [1.54, 1.807) is 0 Å². The minimum absolute atomic E-state index is 0.0161. The SMILES string of the molecule is Cc1nc(S(=O)(=O)C(C)C(=O)NCC2CCCO2)n(C2CCCCC2)c1C. The van der Waals surface area contributed by atoms with Crippen LogP contribution in [-0.2, 0) is 19.4 Å². The van der Waals surface area contributed by atoms with E-state index in [4.69, 9.17) is 4.74 Å². The van der Waals surface area contributed by atoms with Crippen LogP contribution >= 0.6 is 0 Å². The summed E-state index contributed by atoms with van der Waals surface area (Å²) in [7, 11) is -3.87. The summed E-state index contributed by atoms with van der Waals surface area (Å²) in [6.45, 7) is 6.25. The van der Waals surface area contributed by atoms with Gasteiger partial charge in [-0.25, -0.2) is 13.4 Å². The number of hydrogen-bond donors (Lipinski definition) is 1. The Morgan fingerprint density at radius 2 is 1.93 bits per heavy atom. The Hall–Kier alpha value is -1.41. The fraction of sp³-hybridized carbons (Fsp3) is 0.789. The first-order valence-electron chi connectivity index (χ1n) is 10.0. The summed E-state index contributed by atoms with van der Waals surface area (Å²) in [6, 6.07) is 0.145. The van der Waals surface area contributed by atoms with Crippen molar-refractivity contribution in [1.29, 1.82) is 0 Å². The van der Waals surface area contributed by atoms with E-state index >= 15 is 0 Å². The molecule has 2 heterocycles. The molecule has 2 atom stereocenters. The Bertz CT molecular complexity index is 775. The highest BCUT2D eigenvalue weighted by molar-refractivity contribution is 7.92. The molecule has 2 unspecified atom stereocenters. The lowest BCUT2D eigenvalue weighted by molar-refractivity contribution is -0.120. The molecule has 1 N–H and O–H groups in total. The maximum Gasteiger partial charge on any atom is 0.238 e. The standard InChI is InChI=1S/C19H31N3O4S/c1-13-14(2)22(16-8-5-4-6-9-16)19(21-13)27(24,25)15(3)18(23)20-12-17-10-7-11-26-17/h15-17H,4-12H2,1-3H3,(H,20,23). The minimum Gasteiger partial charge on any atom is -0.376 e. The third kappa shape index (κ3) is 4.21. The lowest BCUT2D eigenvalue weighted by Crippen LogP contribution is -2.42. The molecule has 0 spiro atoms. The zero-order chi connectivity index (χ0) is 19.6. The number of hydrogen-bond acceptors (Lipinski definition) is 5. The molecule has 0 aromatic carbocycles. The van der Waals surface area contributed by atoms with Crippen LogP contribution in [0.3, 0.4) is 0 Å². The van der Waals surface area contributed by atoms with Crippen molar-refractivity contribution < 1.29 is 17.9 Å². The van der Waals surface area contributed by atoms with Crippen LogP contribution in [0.2, 0.25) is 0 Å². The topological polar surface area (TPSA) is 90.3 Å². The quantitative estimate of drug-likeness (QED) is 0.796. The van der Waals surface area contributed by atoms with Crippen LogP contribution in [-0.4, -0.2) is 48.4 Å². The Morgan fingerprint density at radius 1 is 1.22 bits per heavy atom. The molecule has 3 rings (SSSR count). The second kappa shape index (κ2) is 8.31. The van der Waals surface area contributed by atoms with Crippen molar-refractivity contribution in [3.8, 4) is 0 Å². The van der Waals surface area contributed by atoms with Crippen molar-refractivity contribution in [2.75, 3.05) is 13.2 Å². The van der Waals surface area contributed by atoms with Gasteiger partial charge in [-0.3, -0.25) is 4.79 Å². The number of nitrogens with one attached hydrogen (secondary N) is 1. The summed E-state index contributed by atoms with van der Waals surface area (Å²) >= 11 is 0. The Kier molecular flexibility index (Phi) is 6.25. The second-order valence-electron chi connectivity index (χ2n) is 7.79. The Balaban J connectivity index is 1.80. The van der Waals surface area contributed by atoms with E-state index < -0.39 is 21.0 Å². The highest BCUT2D eigenvalue weighted by atomic mass is 32.2. The van der Waals surface area contributed by atoms with Crippen molar-refractivity contribution in [3.05, 3.63) is 11.4 Å². The molecule has 8 heteroatoms. The molecule has 27 heavy (non-hydrogen) atoms. The number of carbonyl (C=O) groups is 1. The summed E-state index contributed by atoms with van der Waals surface area (Å²) in [6.07, 6.45) is 7.15. The van der Waals surface area contributed by atoms with Gasteiger partial charge in [0, 0.05) is 24.9 Å². The van der Waals surface area contributed by atoms with Gasteiger partial charge in [0.05, 0.1) is 11.8 Å². The van der Waals surface area contributed by atoms with Crippen LogP contribution in [0, 0.1) is 13.8 Å². The van der Waals surface area contributed by atoms with Gasteiger partial charge in [-0.1, -0.05) is 19.3 Å². The van der Waals surface area contributed by atoms with Crippen molar-refractivity contribution in [1.82, 2.24) is 14.9 Å². The molecular weight excluding hydrogens is 366 g/mol. The van der Waals surface area contributed by atoms with E-state index in [9.17, 15) is 13.2 Å². The average Bonchev–Trinajstić information content (AvgIpc) is 3.28. The van der Waals surface area contributed by atoms with Gasteiger partial charge in [0.1, 0.15) is 5.25 Å². The van der Waals surface area contributed by atoms with Gasteiger partial charge in [-0.05, 0) is 46.5 Å². The van der Waals surface area contributed by atoms with Crippen LogP contribution in [0.4, 0.5) is 0 Å². The highest BCUT2D eigenvalue weighted by Gasteiger charge is 2.36. The number of rotatable bonds is 6.